The van der Waals surface area contributed by atoms with Crippen molar-refractivity contribution in [2.24, 2.45) is 0 Å². The first-order valence-corrected chi connectivity index (χ1v) is 6.84. The van der Waals surface area contributed by atoms with Gasteiger partial charge in [-0.25, -0.2) is 4.98 Å². The first kappa shape index (κ1) is 10.4. The van der Waals surface area contributed by atoms with E-state index in [1.165, 1.54) is 25.7 Å². The van der Waals surface area contributed by atoms with Crippen LogP contribution in [0.4, 0.5) is 5.13 Å². The van der Waals surface area contributed by atoms with Crippen molar-refractivity contribution in [3.63, 3.8) is 0 Å². The molecule has 1 saturated carbocycles. The summed E-state index contributed by atoms with van der Waals surface area (Å²) in [7, 11) is 0. The topological polar surface area (TPSA) is 24.9 Å². The summed E-state index contributed by atoms with van der Waals surface area (Å²) in [6.45, 7) is 0. The third kappa shape index (κ3) is 1.89. The fraction of sp³-hybridized carbons (Fsp3) is 0.417. The van der Waals surface area contributed by atoms with Crippen molar-refractivity contribution in [2.45, 2.75) is 31.7 Å². The van der Waals surface area contributed by atoms with Crippen molar-refractivity contribution in [3.8, 4) is 0 Å². The first-order valence-electron chi connectivity index (χ1n) is 5.64. The van der Waals surface area contributed by atoms with E-state index in [2.05, 4.69) is 16.4 Å². The van der Waals surface area contributed by atoms with E-state index >= 15 is 0 Å². The van der Waals surface area contributed by atoms with E-state index in [9.17, 15) is 0 Å². The minimum atomic E-state index is 0.610. The fourth-order valence-corrected chi connectivity index (χ4v) is 3.46. The molecule has 84 valence electrons. The van der Waals surface area contributed by atoms with Crippen molar-refractivity contribution in [1.82, 2.24) is 4.98 Å². The van der Waals surface area contributed by atoms with Gasteiger partial charge in [-0.3, -0.25) is 0 Å². The van der Waals surface area contributed by atoms with E-state index in [1.807, 2.05) is 12.1 Å². The lowest BCUT2D eigenvalue weighted by Crippen LogP contribution is -2.13. The molecule has 16 heavy (non-hydrogen) atoms. The van der Waals surface area contributed by atoms with Crippen LogP contribution < -0.4 is 5.32 Å². The summed E-state index contributed by atoms with van der Waals surface area (Å²) in [5, 5.41) is 5.26. The zero-order chi connectivity index (χ0) is 11.0. The molecule has 2 aromatic rings. The van der Waals surface area contributed by atoms with Crippen LogP contribution in [0.2, 0.25) is 5.02 Å². The summed E-state index contributed by atoms with van der Waals surface area (Å²) in [6.07, 6.45) is 5.21. The van der Waals surface area contributed by atoms with Gasteiger partial charge in [0.15, 0.2) is 5.13 Å². The molecular formula is C12H13ClN2S. The van der Waals surface area contributed by atoms with Gasteiger partial charge in [-0.05, 0) is 25.0 Å². The van der Waals surface area contributed by atoms with Crippen molar-refractivity contribution in [3.05, 3.63) is 23.2 Å². The first-order chi connectivity index (χ1) is 7.83. The van der Waals surface area contributed by atoms with Gasteiger partial charge in [-0.2, -0.15) is 0 Å². The Morgan fingerprint density at radius 1 is 1.31 bits per heavy atom. The highest BCUT2D eigenvalue weighted by Crippen LogP contribution is 2.32. The SMILES string of the molecule is Clc1cccc2sc(NC3CCCC3)nc12. The second-order valence-corrected chi connectivity index (χ2v) is 5.67. The number of nitrogens with zero attached hydrogens (tertiary/aromatic N) is 1. The molecule has 1 aromatic heterocycles. The van der Waals surface area contributed by atoms with Crippen LogP contribution in [0, 0.1) is 0 Å². The Balaban J connectivity index is 1.90. The van der Waals surface area contributed by atoms with Crippen LogP contribution in [0.3, 0.4) is 0 Å². The van der Waals surface area contributed by atoms with Gasteiger partial charge in [0.05, 0.1) is 9.72 Å². The molecule has 2 nitrogen and oxygen atoms in total. The van der Waals surface area contributed by atoms with E-state index < -0.39 is 0 Å². The quantitative estimate of drug-likeness (QED) is 0.862. The number of para-hydroxylation sites is 1. The molecular weight excluding hydrogens is 240 g/mol. The number of hydrogen-bond acceptors (Lipinski definition) is 3. The molecule has 0 spiro atoms. The van der Waals surface area contributed by atoms with Crippen molar-refractivity contribution < 1.29 is 0 Å². The van der Waals surface area contributed by atoms with Crippen LogP contribution in [0.5, 0.6) is 0 Å². The molecule has 0 bridgehead atoms. The third-order valence-electron chi connectivity index (χ3n) is 3.05. The molecule has 0 radical (unpaired) electrons. The van der Waals surface area contributed by atoms with Gasteiger partial charge in [-0.1, -0.05) is 41.8 Å². The Kier molecular flexibility index (Phi) is 2.74. The number of rotatable bonds is 2. The molecule has 0 saturated heterocycles. The van der Waals surface area contributed by atoms with Crippen LogP contribution in [-0.4, -0.2) is 11.0 Å². The van der Waals surface area contributed by atoms with Crippen LogP contribution >= 0.6 is 22.9 Å². The van der Waals surface area contributed by atoms with Crippen molar-refractivity contribution in [1.29, 1.82) is 0 Å². The van der Waals surface area contributed by atoms with Gasteiger partial charge >= 0.3 is 0 Å². The molecule has 1 aliphatic carbocycles. The molecule has 1 heterocycles. The van der Waals surface area contributed by atoms with Gasteiger partial charge in [0, 0.05) is 6.04 Å². The maximum atomic E-state index is 6.10. The minimum Gasteiger partial charge on any atom is -0.359 e. The maximum Gasteiger partial charge on any atom is 0.184 e. The predicted molar refractivity (Wildman–Crippen MR) is 70.5 cm³/mol. The van der Waals surface area contributed by atoms with Gasteiger partial charge in [0.25, 0.3) is 0 Å². The number of benzene rings is 1. The van der Waals surface area contributed by atoms with Crippen LogP contribution in [0.15, 0.2) is 18.2 Å². The van der Waals surface area contributed by atoms with Gasteiger partial charge in [0.1, 0.15) is 5.52 Å². The van der Waals surface area contributed by atoms with E-state index in [1.54, 1.807) is 11.3 Å². The maximum absolute atomic E-state index is 6.10. The van der Waals surface area contributed by atoms with Crippen LogP contribution in [0.25, 0.3) is 10.2 Å². The second-order valence-electron chi connectivity index (χ2n) is 4.23. The largest absolute Gasteiger partial charge is 0.359 e. The Labute approximate surface area is 104 Å². The Morgan fingerprint density at radius 2 is 2.12 bits per heavy atom. The van der Waals surface area contributed by atoms with Crippen molar-refractivity contribution in [2.75, 3.05) is 5.32 Å². The Hall–Kier alpha value is -0.800. The second kappa shape index (κ2) is 4.22. The lowest BCUT2D eigenvalue weighted by atomic mass is 10.3. The molecule has 3 rings (SSSR count). The summed E-state index contributed by atoms with van der Waals surface area (Å²) < 4.78 is 1.16. The number of hydrogen-bond donors (Lipinski definition) is 1. The lowest BCUT2D eigenvalue weighted by molar-refractivity contribution is 0.754. The number of nitrogens with one attached hydrogen (secondary N) is 1. The number of fused-ring (bicyclic) bond motifs is 1. The standard InChI is InChI=1S/C12H13ClN2S/c13-9-6-3-7-10-11(9)15-12(16-10)14-8-4-1-2-5-8/h3,6-8H,1-2,4-5H2,(H,14,15). The number of anilines is 1. The van der Waals surface area contributed by atoms with Gasteiger partial charge in [-0.15, -0.1) is 0 Å². The summed E-state index contributed by atoms with van der Waals surface area (Å²) in [5.74, 6) is 0. The molecule has 1 aromatic carbocycles. The number of halogens is 1. The molecule has 1 fully saturated rings. The molecule has 1 aliphatic rings. The Morgan fingerprint density at radius 3 is 2.88 bits per heavy atom. The van der Waals surface area contributed by atoms with Gasteiger partial charge < -0.3 is 5.32 Å². The smallest absolute Gasteiger partial charge is 0.184 e. The highest BCUT2D eigenvalue weighted by molar-refractivity contribution is 7.22. The number of thiazole rings is 1. The van der Waals surface area contributed by atoms with Crippen LogP contribution in [0.1, 0.15) is 25.7 Å². The summed E-state index contributed by atoms with van der Waals surface area (Å²) in [5.41, 5.74) is 0.926. The van der Waals surface area contributed by atoms with E-state index in [4.69, 9.17) is 11.6 Å². The molecule has 0 amide bonds. The third-order valence-corrected chi connectivity index (χ3v) is 4.31. The molecule has 4 heteroatoms. The van der Waals surface area contributed by atoms with Gasteiger partial charge in [0.2, 0.25) is 0 Å². The average Bonchev–Trinajstić information content (AvgIpc) is 2.88. The molecule has 0 aliphatic heterocycles. The summed E-state index contributed by atoms with van der Waals surface area (Å²) in [4.78, 5) is 4.55. The molecule has 0 atom stereocenters. The summed E-state index contributed by atoms with van der Waals surface area (Å²) >= 11 is 7.80. The lowest BCUT2D eigenvalue weighted by Gasteiger charge is -2.09. The molecule has 0 unspecified atom stereocenters. The predicted octanol–water partition coefficient (Wildman–Crippen LogP) is 4.30. The average molecular weight is 253 g/mol. The monoisotopic (exact) mass is 252 g/mol. The Bertz CT molecular complexity index is 503. The van der Waals surface area contributed by atoms with E-state index in [0.29, 0.717) is 6.04 Å². The number of aromatic nitrogens is 1. The van der Waals surface area contributed by atoms with Crippen molar-refractivity contribution >= 4 is 38.3 Å². The zero-order valence-corrected chi connectivity index (χ0v) is 10.4. The van der Waals surface area contributed by atoms with E-state index in [0.717, 1.165) is 20.4 Å². The highest BCUT2D eigenvalue weighted by atomic mass is 35.5. The summed E-state index contributed by atoms with van der Waals surface area (Å²) in [6, 6.07) is 6.54. The minimum absolute atomic E-state index is 0.610. The van der Waals surface area contributed by atoms with E-state index in [-0.39, 0.29) is 0 Å². The highest BCUT2D eigenvalue weighted by Gasteiger charge is 2.16. The zero-order valence-electron chi connectivity index (χ0n) is 8.87. The molecule has 1 N–H and O–H groups in total. The normalized spacial score (nSPS) is 17.1. The van der Waals surface area contributed by atoms with Crippen LogP contribution in [-0.2, 0) is 0 Å². The fourth-order valence-electron chi connectivity index (χ4n) is 2.22.